The van der Waals surface area contributed by atoms with Crippen LogP contribution in [0.4, 0.5) is 0 Å². The molecule has 3 aromatic rings. The smallest absolute Gasteiger partial charge is 0.261 e. The molecule has 6 heteroatoms. The van der Waals surface area contributed by atoms with E-state index in [0.717, 1.165) is 73.9 Å². The van der Waals surface area contributed by atoms with E-state index in [1.54, 1.807) is 12.1 Å². The Balaban J connectivity index is 1.15. The van der Waals surface area contributed by atoms with Crippen LogP contribution in [0.15, 0.2) is 72.8 Å². The highest BCUT2D eigenvalue weighted by Gasteiger charge is 2.48. The number of benzene rings is 3. The summed E-state index contributed by atoms with van der Waals surface area (Å²) in [6.07, 6.45) is 5.29. The fraction of sp³-hybridized carbons (Fsp3) is 0.382. The minimum Gasteiger partial charge on any atom is -0.355 e. The highest BCUT2D eigenvalue weighted by atomic mass is 16.2. The zero-order valence-corrected chi connectivity index (χ0v) is 23.2. The average Bonchev–Trinajstić information content (AvgIpc) is 3.43. The second-order valence-corrected chi connectivity index (χ2v) is 11.3. The number of nitrogens with zero attached hydrogens (tertiary/aromatic N) is 2. The quantitative estimate of drug-likeness (QED) is 0.294. The Morgan fingerprint density at radius 1 is 0.850 bits per heavy atom. The monoisotopic (exact) mass is 535 g/mol. The van der Waals surface area contributed by atoms with Crippen LogP contribution in [0.2, 0.25) is 0 Å². The zero-order chi connectivity index (χ0) is 27.7. The van der Waals surface area contributed by atoms with Crippen molar-refractivity contribution in [1.82, 2.24) is 15.1 Å². The van der Waals surface area contributed by atoms with Crippen molar-refractivity contribution < 1.29 is 14.4 Å². The molecule has 6 nitrogen and oxygen atoms in total. The van der Waals surface area contributed by atoms with E-state index in [-0.39, 0.29) is 23.8 Å². The van der Waals surface area contributed by atoms with Gasteiger partial charge < -0.3 is 10.2 Å². The molecule has 0 saturated carbocycles. The van der Waals surface area contributed by atoms with Gasteiger partial charge in [0.25, 0.3) is 11.8 Å². The molecule has 2 aliphatic heterocycles. The van der Waals surface area contributed by atoms with Crippen molar-refractivity contribution in [3.8, 4) is 11.1 Å². The first kappa shape index (κ1) is 26.5. The molecule has 1 atom stereocenters. The molecule has 0 aromatic heterocycles. The first-order valence-electron chi connectivity index (χ1n) is 14.7. The fourth-order valence-corrected chi connectivity index (χ4v) is 7.05. The summed E-state index contributed by atoms with van der Waals surface area (Å²) >= 11 is 0. The van der Waals surface area contributed by atoms with Gasteiger partial charge in [-0.05, 0) is 79.6 Å². The summed E-state index contributed by atoms with van der Waals surface area (Å²) in [5, 5.41) is 3.22. The van der Waals surface area contributed by atoms with Crippen molar-refractivity contribution in [2.75, 3.05) is 26.2 Å². The van der Waals surface area contributed by atoms with Gasteiger partial charge in [0.05, 0.1) is 17.2 Å². The summed E-state index contributed by atoms with van der Waals surface area (Å²) in [6, 6.07) is 23.7. The number of rotatable bonds is 9. The maximum Gasteiger partial charge on any atom is 0.261 e. The van der Waals surface area contributed by atoms with Crippen LogP contribution < -0.4 is 5.32 Å². The highest BCUT2D eigenvalue weighted by molar-refractivity contribution is 6.21. The fourth-order valence-electron chi connectivity index (χ4n) is 7.05. The number of piperidine rings is 1. The summed E-state index contributed by atoms with van der Waals surface area (Å²) in [4.78, 5) is 43.9. The molecule has 3 aromatic carbocycles. The van der Waals surface area contributed by atoms with Crippen LogP contribution >= 0.6 is 0 Å². The minimum atomic E-state index is -0.688. The molecule has 1 aliphatic carbocycles. The predicted molar refractivity (Wildman–Crippen MR) is 156 cm³/mol. The summed E-state index contributed by atoms with van der Waals surface area (Å²) in [5.41, 5.74) is 4.88. The van der Waals surface area contributed by atoms with E-state index in [4.69, 9.17) is 0 Å². The molecule has 206 valence electrons. The normalized spacial score (nSPS) is 19.3. The highest BCUT2D eigenvalue weighted by Crippen LogP contribution is 2.51. The lowest BCUT2D eigenvalue weighted by atomic mass is 9.73. The lowest BCUT2D eigenvalue weighted by molar-refractivity contribution is -0.125. The van der Waals surface area contributed by atoms with Crippen LogP contribution in [0.25, 0.3) is 11.1 Å². The van der Waals surface area contributed by atoms with Crippen LogP contribution in [-0.2, 0) is 10.2 Å². The molecule has 1 saturated heterocycles. The van der Waals surface area contributed by atoms with Crippen molar-refractivity contribution in [2.45, 2.75) is 56.9 Å². The van der Waals surface area contributed by atoms with Gasteiger partial charge in [-0.25, -0.2) is 0 Å². The van der Waals surface area contributed by atoms with Crippen molar-refractivity contribution in [3.63, 3.8) is 0 Å². The largest absolute Gasteiger partial charge is 0.355 e. The van der Waals surface area contributed by atoms with Crippen LogP contribution in [0, 0.1) is 0 Å². The number of hydrogen-bond donors (Lipinski definition) is 1. The third-order valence-electron chi connectivity index (χ3n) is 8.93. The van der Waals surface area contributed by atoms with Gasteiger partial charge in [0.15, 0.2) is 0 Å². The summed E-state index contributed by atoms with van der Waals surface area (Å²) < 4.78 is 0. The van der Waals surface area contributed by atoms with Crippen molar-refractivity contribution >= 4 is 17.7 Å². The number of hydrogen-bond acceptors (Lipinski definition) is 4. The Hall–Kier alpha value is -3.77. The second kappa shape index (κ2) is 11.0. The van der Waals surface area contributed by atoms with Crippen molar-refractivity contribution in [3.05, 3.63) is 95.1 Å². The summed E-state index contributed by atoms with van der Waals surface area (Å²) in [7, 11) is 0. The Labute approximate surface area is 236 Å². The van der Waals surface area contributed by atoms with Gasteiger partial charge in [0, 0.05) is 13.1 Å². The van der Waals surface area contributed by atoms with E-state index >= 15 is 0 Å². The maximum absolute atomic E-state index is 13.9. The Bertz CT molecular complexity index is 1370. The van der Waals surface area contributed by atoms with E-state index in [2.05, 4.69) is 53.5 Å². The topological polar surface area (TPSA) is 69.7 Å². The van der Waals surface area contributed by atoms with E-state index in [9.17, 15) is 14.4 Å². The standard InChI is InChI=1S/C34H37N3O3/c1-2-20-35-33(40)34(29-17-7-5-13-25(29)26-14-6-8-18-30(26)34)19-9-10-21-36-22-11-12-24(23-36)37-31(38)27-15-3-4-16-28(27)32(37)39/h3-8,13-18,24H,2,9-12,19-23H2,1H3,(H,35,40). The molecule has 2 heterocycles. The molecular formula is C34H37N3O3. The molecule has 0 radical (unpaired) electrons. The maximum atomic E-state index is 13.9. The van der Waals surface area contributed by atoms with Gasteiger partial charge in [0.2, 0.25) is 5.91 Å². The van der Waals surface area contributed by atoms with Gasteiger partial charge in [-0.2, -0.15) is 0 Å². The number of fused-ring (bicyclic) bond motifs is 4. The first-order chi connectivity index (χ1) is 19.6. The Morgan fingerprint density at radius 3 is 2.02 bits per heavy atom. The Morgan fingerprint density at radius 2 is 1.43 bits per heavy atom. The van der Waals surface area contributed by atoms with Gasteiger partial charge >= 0.3 is 0 Å². The van der Waals surface area contributed by atoms with Gasteiger partial charge in [0.1, 0.15) is 5.41 Å². The third kappa shape index (κ3) is 4.35. The van der Waals surface area contributed by atoms with E-state index in [0.29, 0.717) is 24.2 Å². The van der Waals surface area contributed by atoms with Gasteiger partial charge in [-0.1, -0.05) is 74.0 Å². The number of imide groups is 1. The zero-order valence-electron chi connectivity index (χ0n) is 23.2. The SMILES string of the molecule is CCCNC(=O)C1(CCCCN2CCCC(N3C(=O)c4ccccc4C3=O)C2)c2ccccc2-c2ccccc21. The number of amides is 3. The number of carbonyl (C=O) groups excluding carboxylic acids is 3. The van der Waals surface area contributed by atoms with Crippen molar-refractivity contribution in [1.29, 1.82) is 0 Å². The molecule has 1 unspecified atom stereocenters. The first-order valence-corrected chi connectivity index (χ1v) is 14.7. The third-order valence-corrected chi connectivity index (χ3v) is 8.93. The molecule has 40 heavy (non-hydrogen) atoms. The second-order valence-electron chi connectivity index (χ2n) is 11.3. The number of nitrogens with one attached hydrogen (secondary N) is 1. The molecular weight excluding hydrogens is 498 g/mol. The number of carbonyl (C=O) groups is 3. The summed E-state index contributed by atoms with van der Waals surface area (Å²) in [6.45, 7) is 5.30. The van der Waals surface area contributed by atoms with E-state index in [1.807, 2.05) is 24.3 Å². The molecule has 1 fully saturated rings. The van der Waals surface area contributed by atoms with Crippen LogP contribution in [0.5, 0.6) is 0 Å². The van der Waals surface area contributed by atoms with Gasteiger partial charge in [-0.15, -0.1) is 0 Å². The molecule has 3 amide bonds. The molecule has 3 aliphatic rings. The summed E-state index contributed by atoms with van der Waals surface area (Å²) in [5.74, 6) is -0.229. The lowest BCUT2D eigenvalue weighted by Gasteiger charge is -2.37. The van der Waals surface area contributed by atoms with Crippen LogP contribution in [0.3, 0.4) is 0 Å². The number of unbranched alkanes of at least 4 members (excludes halogenated alkanes) is 1. The molecule has 6 rings (SSSR count). The minimum absolute atomic E-state index is 0.0930. The van der Waals surface area contributed by atoms with Crippen LogP contribution in [0.1, 0.15) is 77.3 Å². The Kier molecular flexibility index (Phi) is 7.28. The molecule has 0 bridgehead atoms. The number of likely N-dealkylation sites (tertiary alicyclic amines) is 1. The van der Waals surface area contributed by atoms with Gasteiger partial charge in [-0.3, -0.25) is 19.3 Å². The lowest BCUT2D eigenvalue weighted by Crippen LogP contribution is -2.50. The van der Waals surface area contributed by atoms with E-state index in [1.165, 1.54) is 4.90 Å². The van der Waals surface area contributed by atoms with Crippen molar-refractivity contribution in [2.24, 2.45) is 0 Å². The molecule has 0 spiro atoms. The van der Waals surface area contributed by atoms with E-state index < -0.39 is 5.41 Å². The molecule has 1 N–H and O–H groups in total. The van der Waals surface area contributed by atoms with Crippen LogP contribution in [-0.4, -0.2) is 59.7 Å². The predicted octanol–water partition coefficient (Wildman–Crippen LogP) is 5.41. The average molecular weight is 536 g/mol.